The Bertz CT molecular complexity index is 836. The van der Waals surface area contributed by atoms with Crippen LogP contribution in [0, 0.1) is 0 Å². The predicted octanol–water partition coefficient (Wildman–Crippen LogP) is 7.42. The molecule has 0 aliphatic carbocycles. The van der Waals surface area contributed by atoms with Gasteiger partial charge in [-0.15, -0.1) is 0 Å². The van der Waals surface area contributed by atoms with Crippen molar-refractivity contribution in [2.24, 2.45) is 0 Å². The molecule has 182 valence electrons. The van der Waals surface area contributed by atoms with Gasteiger partial charge in [0.05, 0.1) is 12.1 Å². The van der Waals surface area contributed by atoms with Crippen molar-refractivity contribution in [2.75, 3.05) is 7.11 Å². The topological polar surface area (TPSA) is 61.8 Å². The number of carbonyl (C=O) groups is 2. The average molecular weight is 501 g/mol. The van der Waals surface area contributed by atoms with E-state index in [1.807, 2.05) is 0 Å². The summed E-state index contributed by atoms with van der Waals surface area (Å²) in [6.07, 6.45) is 2.26. The minimum Gasteiger partial charge on any atom is -0.543 e. The Kier molecular flexibility index (Phi) is 9.25. The van der Waals surface area contributed by atoms with Crippen LogP contribution in [0.15, 0.2) is 6.07 Å². The number of halogens is 1. The lowest BCUT2D eigenvalue weighted by Crippen LogP contribution is -2.45. The van der Waals surface area contributed by atoms with Gasteiger partial charge in [-0.1, -0.05) is 53.1 Å². The number of esters is 1. The minimum atomic E-state index is -2.28. The number of hydrogen-bond donors (Lipinski definition) is 0. The van der Waals surface area contributed by atoms with Crippen LogP contribution < -0.4 is 8.85 Å². The van der Waals surface area contributed by atoms with Crippen molar-refractivity contribution < 1.29 is 23.2 Å². The third-order valence-corrected chi connectivity index (χ3v) is 15.9. The fourth-order valence-corrected chi connectivity index (χ4v) is 4.98. The number of aldehydes is 1. The molecule has 0 atom stereocenters. The molecule has 0 aromatic heterocycles. The summed E-state index contributed by atoms with van der Waals surface area (Å²) in [7, 11) is -3.15. The maximum atomic E-state index is 12.9. The molecule has 1 rings (SSSR count). The second-order valence-electron chi connectivity index (χ2n) is 11.3. The number of benzene rings is 1. The van der Waals surface area contributed by atoms with Crippen LogP contribution in [-0.2, 0) is 16.0 Å². The van der Waals surface area contributed by atoms with Gasteiger partial charge in [-0.2, -0.15) is 0 Å². The average Bonchev–Trinajstić information content (AvgIpc) is 2.62. The predicted molar refractivity (Wildman–Crippen MR) is 137 cm³/mol. The fourth-order valence-electron chi connectivity index (χ4n) is 2.60. The third-order valence-electron chi connectivity index (χ3n) is 6.77. The van der Waals surface area contributed by atoms with E-state index in [2.05, 4.69) is 67.7 Å². The highest BCUT2D eigenvalue weighted by molar-refractivity contribution is 6.75. The molecule has 0 aliphatic heterocycles. The van der Waals surface area contributed by atoms with Crippen molar-refractivity contribution in [3.05, 3.63) is 22.2 Å². The van der Waals surface area contributed by atoms with Crippen molar-refractivity contribution in [3.63, 3.8) is 0 Å². The molecule has 0 saturated heterocycles. The van der Waals surface area contributed by atoms with Crippen LogP contribution in [0.25, 0.3) is 0 Å². The first-order valence-electron chi connectivity index (χ1n) is 11.1. The zero-order chi connectivity index (χ0) is 25.1. The molecule has 0 N–H and O–H groups in total. The summed E-state index contributed by atoms with van der Waals surface area (Å²) in [4.78, 5) is 23.8. The van der Waals surface area contributed by atoms with Crippen molar-refractivity contribution >= 4 is 40.5 Å². The van der Waals surface area contributed by atoms with Gasteiger partial charge in [0.25, 0.3) is 16.6 Å². The van der Waals surface area contributed by atoms with E-state index in [0.717, 1.165) is 6.29 Å². The summed E-state index contributed by atoms with van der Waals surface area (Å²) in [5, 5.41) is 0.289. The molecule has 0 amide bonds. The Balaban J connectivity index is 3.81. The van der Waals surface area contributed by atoms with E-state index >= 15 is 0 Å². The Morgan fingerprint density at radius 3 is 1.84 bits per heavy atom. The highest BCUT2D eigenvalue weighted by Gasteiger charge is 2.42. The van der Waals surface area contributed by atoms with Gasteiger partial charge in [-0.25, -0.2) is 4.79 Å². The zero-order valence-corrected chi connectivity index (χ0v) is 24.5. The van der Waals surface area contributed by atoms with Gasteiger partial charge in [0.2, 0.25) is 0 Å². The number of carbonyl (C=O) groups excluding carboxylic acids is 2. The van der Waals surface area contributed by atoms with Gasteiger partial charge in [0.1, 0.15) is 23.3 Å². The van der Waals surface area contributed by atoms with Crippen LogP contribution in [0.2, 0.25) is 41.3 Å². The van der Waals surface area contributed by atoms with Gasteiger partial charge in [-0.05, 0) is 54.7 Å². The zero-order valence-electron chi connectivity index (χ0n) is 21.7. The lowest BCUT2D eigenvalue weighted by atomic mass is 10.00. The third kappa shape index (κ3) is 6.61. The molecule has 0 spiro atoms. The number of ether oxygens (including phenoxy) is 1. The number of rotatable bonds is 9. The van der Waals surface area contributed by atoms with Gasteiger partial charge >= 0.3 is 5.97 Å². The Morgan fingerprint density at radius 1 is 0.969 bits per heavy atom. The van der Waals surface area contributed by atoms with Gasteiger partial charge in [0, 0.05) is 12.5 Å². The molecule has 1 aromatic carbocycles. The number of hydrogen-bond acceptors (Lipinski definition) is 5. The van der Waals surface area contributed by atoms with Crippen molar-refractivity contribution in [1.29, 1.82) is 0 Å². The lowest BCUT2D eigenvalue weighted by Gasteiger charge is -2.39. The molecule has 8 heteroatoms. The quantitative estimate of drug-likeness (QED) is 0.153. The molecule has 1 aromatic rings. The van der Waals surface area contributed by atoms with E-state index < -0.39 is 22.6 Å². The molecule has 0 unspecified atom stereocenters. The first-order chi connectivity index (χ1) is 14.4. The van der Waals surface area contributed by atoms with Crippen LogP contribution in [-0.4, -0.2) is 36.0 Å². The molecule has 0 heterocycles. The molecule has 32 heavy (non-hydrogen) atoms. The second-order valence-corrected chi connectivity index (χ2v) is 21.1. The van der Waals surface area contributed by atoms with Gasteiger partial charge in [0.15, 0.2) is 0 Å². The van der Waals surface area contributed by atoms with Crippen LogP contribution in [0.3, 0.4) is 0 Å². The van der Waals surface area contributed by atoms with E-state index in [9.17, 15) is 9.59 Å². The number of unbranched alkanes of at least 4 members (excludes halogenated alkanes) is 1. The summed E-state index contributed by atoms with van der Waals surface area (Å²) in [6, 6.07) is 1.76. The summed E-state index contributed by atoms with van der Waals surface area (Å²) in [5.41, 5.74) is 0.945. The molecule has 0 fully saturated rings. The summed E-state index contributed by atoms with van der Waals surface area (Å²) in [5.74, 6) is 0.476. The monoisotopic (exact) mass is 500 g/mol. The van der Waals surface area contributed by atoms with Crippen molar-refractivity contribution in [1.82, 2.24) is 0 Å². The summed E-state index contributed by atoms with van der Waals surface area (Å²) >= 11 is 6.84. The molecule has 0 radical (unpaired) electrons. The van der Waals surface area contributed by atoms with Crippen LogP contribution in [0.5, 0.6) is 11.5 Å². The van der Waals surface area contributed by atoms with Crippen LogP contribution >= 0.6 is 11.6 Å². The summed E-state index contributed by atoms with van der Waals surface area (Å²) in [6.45, 7) is 21.5. The Hall–Kier alpha value is -1.32. The van der Waals surface area contributed by atoms with Crippen molar-refractivity contribution in [3.8, 4) is 11.5 Å². The smallest absolute Gasteiger partial charge is 0.341 e. The number of methoxy groups -OCH3 is 1. The van der Waals surface area contributed by atoms with Gasteiger partial charge < -0.3 is 18.4 Å². The van der Waals surface area contributed by atoms with Gasteiger partial charge in [-0.3, -0.25) is 0 Å². The maximum absolute atomic E-state index is 12.9. The highest BCUT2D eigenvalue weighted by Crippen LogP contribution is 2.46. The minimum absolute atomic E-state index is 0.0323. The van der Waals surface area contributed by atoms with E-state index in [4.69, 9.17) is 25.2 Å². The molecular weight excluding hydrogens is 460 g/mol. The molecule has 0 bridgehead atoms. The highest BCUT2D eigenvalue weighted by atomic mass is 35.5. The second kappa shape index (κ2) is 10.3. The lowest BCUT2D eigenvalue weighted by molar-refractivity contribution is -0.107. The molecule has 5 nitrogen and oxygen atoms in total. The molecular formula is C24H41ClO5Si2. The summed E-state index contributed by atoms with van der Waals surface area (Å²) < 4.78 is 18.3. The normalized spacial score (nSPS) is 13.0. The first-order valence-corrected chi connectivity index (χ1v) is 17.3. The van der Waals surface area contributed by atoms with E-state index in [1.54, 1.807) is 6.07 Å². The Labute approximate surface area is 201 Å². The van der Waals surface area contributed by atoms with Crippen molar-refractivity contribution in [2.45, 2.75) is 97.1 Å². The van der Waals surface area contributed by atoms with E-state index in [0.29, 0.717) is 46.9 Å². The fraction of sp³-hybridized carbons (Fsp3) is 0.667. The Morgan fingerprint density at radius 2 is 1.44 bits per heavy atom. The van der Waals surface area contributed by atoms with Crippen LogP contribution in [0.4, 0.5) is 0 Å². The molecule has 0 aliphatic rings. The standard InChI is InChI=1S/C24H41ClO5Si2/c1-23(2,3)31(8,9)29-18-16-19(30-32(10,11)24(4,5)6)21(25)17(14-12-13-15-26)20(18)22(27)28-7/h15-16H,12-14H2,1-11H3. The van der Waals surface area contributed by atoms with Crippen LogP contribution in [0.1, 0.15) is 70.3 Å². The van der Waals surface area contributed by atoms with E-state index in [-0.39, 0.29) is 10.1 Å². The maximum Gasteiger partial charge on any atom is 0.341 e. The van der Waals surface area contributed by atoms with E-state index in [1.165, 1.54) is 7.11 Å². The first kappa shape index (κ1) is 28.7. The molecule has 0 saturated carbocycles. The largest absolute Gasteiger partial charge is 0.543 e. The SMILES string of the molecule is COC(=O)c1c(O[Si](C)(C)C(C)(C)C)cc(O[Si](C)(C)C(C)(C)C)c(Cl)c1CCCC=O.